The SMILES string of the molecule is NC(=O)CCCNc1cc(C(F)(F)F)nc(Cl)n1. The Morgan fingerprint density at radius 1 is 1.44 bits per heavy atom. The van der Waals surface area contributed by atoms with Crippen LogP contribution in [0.1, 0.15) is 18.5 Å². The maximum absolute atomic E-state index is 12.4. The summed E-state index contributed by atoms with van der Waals surface area (Å²) in [5, 5.41) is 2.11. The average Bonchev–Trinajstić information content (AvgIpc) is 2.22. The van der Waals surface area contributed by atoms with Crippen molar-refractivity contribution in [2.24, 2.45) is 5.73 Å². The zero-order valence-corrected chi connectivity index (χ0v) is 9.85. The largest absolute Gasteiger partial charge is 0.433 e. The lowest BCUT2D eigenvalue weighted by atomic mass is 10.3. The molecule has 0 bridgehead atoms. The van der Waals surface area contributed by atoms with Gasteiger partial charge in [-0.3, -0.25) is 4.79 Å². The third-order valence-corrected chi connectivity index (χ3v) is 2.06. The van der Waals surface area contributed by atoms with Crippen LogP contribution in [0.3, 0.4) is 0 Å². The molecule has 0 unspecified atom stereocenters. The van der Waals surface area contributed by atoms with E-state index in [-0.39, 0.29) is 18.8 Å². The first-order valence-electron chi connectivity index (χ1n) is 4.93. The molecule has 1 aromatic rings. The summed E-state index contributed by atoms with van der Waals surface area (Å²) in [6, 6.07) is 0.746. The second kappa shape index (κ2) is 5.85. The van der Waals surface area contributed by atoms with Gasteiger partial charge in [0.05, 0.1) is 0 Å². The molecule has 9 heteroatoms. The van der Waals surface area contributed by atoms with Crippen molar-refractivity contribution in [2.75, 3.05) is 11.9 Å². The molecule has 5 nitrogen and oxygen atoms in total. The number of anilines is 1. The van der Waals surface area contributed by atoms with Gasteiger partial charge in [0.1, 0.15) is 5.82 Å². The number of hydrogen-bond donors (Lipinski definition) is 2. The molecule has 0 aliphatic carbocycles. The third-order valence-electron chi connectivity index (χ3n) is 1.90. The van der Waals surface area contributed by atoms with Crippen molar-refractivity contribution in [3.8, 4) is 0 Å². The molecule has 0 saturated heterocycles. The quantitative estimate of drug-likeness (QED) is 0.638. The van der Waals surface area contributed by atoms with Crippen LogP contribution in [0.15, 0.2) is 6.07 Å². The van der Waals surface area contributed by atoms with Gasteiger partial charge in [0.15, 0.2) is 5.69 Å². The summed E-state index contributed by atoms with van der Waals surface area (Å²) in [5.74, 6) is -0.528. The van der Waals surface area contributed by atoms with Gasteiger partial charge in [0.25, 0.3) is 0 Å². The Balaban J connectivity index is 2.66. The van der Waals surface area contributed by atoms with E-state index in [1.54, 1.807) is 0 Å². The minimum atomic E-state index is -4.59. The predicted octanol–water partition coefficient (Wildman–Crippen LogP) is 1.83. The fourth-order valence-corrected chi connectivity index (χ4v) is 1.31. The maximum atomic E-state index is 12.4. The fraction of sp³-hybridized carbons (Fsp3) is 0.444. The number of nitrogens with two attached hydrogens (primary N) is 1. The van der Waals surface area contributed by atoms with Gasteiger partial charge in [-0.25, -0.2) is 9.97 Å². The van der Waals surface area contributed by atoms with Crippen LogP contribution in [0.25, 0.3) is 0 Å². The van der Waals surface area contributed by atoms with Crippen molar-refractivity contribution in [3.05, 3.63) is 17.0 Å². The lowest BCUT2D eigenvalue weighted by Crippen LogP contribution is -2.14. The predicted molar refractivity (Wildman–Crippen MR) is 59.0 cm³/mol. The highest BCUT2D eigenvalue weighted by Crippen LogP contribution is 2.29. The number of aromatic nitrogens is 2. The number of amides is 1. The van der Waals surface area contributed by atoms with Gasteiger partial charge < -0.3 is 11.1 Å². The van der Waals surface area contributed by atoms with Crippen LogP contribution in [0, 0.1) is 0 Å². The standard InChI is InChI=1S/C9H10ClF3N4O/c10-8-16-5(9(11,12)13)4-7(17-8)15-3-1-2-6(14)18/h4H,1-3H2,(H2,14,18)(H,15,16,17). The van der Waals surface area contributed by atoms with Crippen LogP contribution in [0.2, 0.25) is 5.28 Å². The minimum absolute atomic E-state index is 0.0493. The maximum Gasteiger partial charge on any atom is 0.433 e. The van der Waals surface area contributed by atoms with E-state index in [9.17, 15) is 18.0 Å². The molecule has 0 radical (unpaired) electrons. The van der Waals surface area contributed by atoms with E-state index in [1.807, 2.05) is 0 Å². The highest BCUT2D eigenvalue weighted by Gasteiger charge is 2.33. The normalized spacial score (nSPS) is 11.3. The Bertz CT molecular complexity index is 438. The van der Waals surface area contributed by atoms with Crippen LogP contribution in [0.4, 0.5) is 19.0 Å². The Kier molecular flexibility index (Phi) is 4.71. The molecule has 0 saturated carbocycles. The van der Waals surface area contributed by atoms with E-state index in [4.69, 9.17) is 17.3 Å². The molecule has 0 spiro atoms. The van der Waals surface area contributed by atoms with Gasteiger partial charge in [0.2, 0.25) is 11.2 Å². The highest BCUT2D eigenvalue weighted by atomic mass is 35.5. The number of carbonyl (C=O) groups is 1. The van der Waals surface area contributed by atoms with E-state index >= 15 is 0 Å². The average molecular weight is 283 g/mol. The molecular formula is C9H10ClF3N4O. The second-order valence-electron chi connectivity index (χ2n) is 3.40. The molecule has 0 aliphatic heterocycles. The van der Waals surface area contributed by atoms with Crippen LogP contribution < -0.4 is 11.1 Å². The molecule has 1 aromatic heterocycles. The van der Waals surface area contributed by atoms with Gasteiger partial charge in [-0.2, -0.15) is 13.2 Å². The van der Waals surface area contributed by atoms with E-state index in [1.165, 1.54) is 0 Å². The Labute approximate surface area is 106 Å². The molecule has 0 atom stereocenters. The fourth-order valence-electron chi connectivity index (χ4n) is 1.13. The molecule has 18 heavy (non-hydrogen) atoms. The van der Waals surface area contributed by atoms with Crippen LogP contribution in [-0.4, -0.2) is 22.4 Å². The van der Waals surface area contributed by atoms with Crippen molar-refractivity contribution in [3.63, 3.8) is 0 Å². The van der Waals surface area contributed by atoms with E-state index in [2.05, 4.69) is 15.3 Å². The number of nitrogens with zero attached hydrogens (tertiary/aromatic N) is 2. The van der Waals surface area contributed by atoms with Crippen LogP contribution in [0.5, 0.6) is 0 Å². The molecule has 0 aliphatic rings. The lowest BCUT2D eigenvalue weighted by Gasteiger charge is -2.09. The van der Waals surface area contributed by atoms with Crippen molar-refractivity contribution in [2.45, 2.75) is 19.0 Å². The highest BCUT2D eigenvalue weighted by molar-refractivity contribution is 6.28. The number of alkyl halides is 3. The topological polar surface area (TPSA) is 80.9 Å². The zero-order chi connectivity index (χ0) is 13.8. The Morgan fingerprint density at radius 2 is 2.11 bits per heavy atom. The number of primary amides is 1. The molecular weight excluding hydrogens is 273 g/mol. The van der Waals surface area contributed by atoms with E-state index in [0.717, 1.165) is 6.07 Å². The summed E-state index contributed by atoms with van der Waals surface area (Å²) >= 11 is 5.38. The van der Waals surface area contributed by atoms with Crippen LogP contribution >= 0.6 is 11.6 Å². The molecule has 1 heterocycles. The van der Waals surface area contributed by atoms with E-state index < -0.39 is 23.1 Å². The first-order valence-corrected chi connectivity index (χ1v) is 5.31. The summed E-state index contributed by atoms with van der Waals surface area (Å²) < 4.78 is 37.2. The van der Waals surface area contributed by atoms with Gasteiger partial charge in [-0.15, -0.1) is 0 Å². The monoisotopic (exact) mass is 282 g/mol. The number of carbonyl (C=O) groups excluding carboxylic acids is 1. The van der Waals surface area contributed by atoms with Gasteiger partial charge in [-0.05, 0) is 18.0 Å². The summed E-state index contributed by atoms with van der Waals surface area (Å²) in [7, 11) is 0. The number of hydrogen-bond acceptors (Lipinski definition) is 4. The number of rotatable bonds is 5. The smallest absolute Gasteiger partial charge is 0.370 e. The van der Waals surface area contributed by atoms with Crippen molar-refractivity contribution < 1.29 is 18.0 Å². The summed E-state index contributed by atoms with van der Waals surface area (Å²) in [6.45, 7) is 0.258. The first kappa shape index (κ1) is 14.5. The van der Waals surface area contributed by atoms with Crippen LogP contribution in [-0.2, 0) is 11.0 Å². The zero-order valence-electron chi connectivity index (χ0n) is 9.09. The molecule has 100 valence electrons. The van der Waals surface area contributed by atoms with Gasteiger partial charge in [-0.1, -0.05) is 0 Å². The Morgan fingerprint density at radius 3 is 2.67 bits per heavy atom. The van der Waals surface area contributed by atoms with Crippen molar-refractivity contribution in [1.29, 1.82) is 0 Å². The van der Waals surface area contributed by atoms with E-state index in [0.29, 0.717) is 6.42 Å². The van der Waals surface area contributed by atoms with Crippen molar-refractivity contribution in [1.82, 2.24) is 9.97 Å². The lowest BCUT2D eigenvalue weighted by molar-refractivity contribution is -0.141. The first-order chi connectivity index (χ1) is 8.29. The minimum Gasteiger partial charge on any atom is -0.370 e. The molecule has 1 amide bonds. The second-order valence-corrected chi connectivity index (χ2v) is 3.74. The third kappa shape index (κ3) is 4.74. The summed E-state index contributed by atoms with van der Waals surface area (Å²) in [4.78, 5) is 17.1. The molecule has 0 fully saturated rings. The van der Waals surface area contributed by atoms with Gasteiger partial charge >= 0.3 is 6.18 Å². The summed E-state index contributed by atoms with van der Waals surface area (Å²) in [6.07, 6.45) is -4.06. The van der Waals surface area contributed by atoms with Crippen molar-refractivity contribution >= 4 is 23.3 Å². The molecule has 3 N–H and O–H groups in total. The van der Waals surface area contributed by atoms with Gasteiger partial charge in [0, 0.05) is 19.0 Å². The Hall–Kier alpha value is -1.57. The number of nitrogens with one attached hydrogen (secondary N) is 1. The molecule has 0 aromatic carbocycles. The summed E-state index contributed by atoms with van der Waals surface area (Å²) in [5.41, 5.74) is 3.79. The number of halogens is 4. The molecule has 1 rings (SSSR count).